The molecule has 2 N–H and O–H groups in total. The molecule has 130 valence electrons. The molecule has 0 atom stereocenters. The zero-order chi connectivity index (χ0) is 18.4. The van der Waals surface area contributed by atoms with Gasteiger partial charge in [-0.3, -0.25) is 4.79 Å². The Morgan fingerprint density at radius 1 is 1.00 bits per heavy atom. The van der Waals surface area contributed by atoms with Crippen molar-refractivity contribution < 1.29 is 9.18 Å². The van der Waals surface area contributed by atoms with Crippen LogP contribution in [-0.2, 0) is 6.54 Å². The van der Waals surface area contributed by atoms with Crippen LogP contribution in [0.2, 0.25) is 10.0 Å². The number of fused-ring (bicyclic) bond motifs is 3. The van der Waals surface area contributed by atoms with E-state index >= 15 is 0 Å². The van der Waals surface area contributed by atoms with Crippen LogP contribution in [0.5, 0.6) is 0 Å². The summed E-state index contributed by atoms with van der Waals surface area (Å²) in [6.45, 7) is 0.337. The number of aromatic nitrogens is 1. The Labute approximate surface area is 158 Å². The largest absolute Gasteiger partial charge is 0.366 e. The van der Waals surface area contributed by atoms with Gasteiger partial charge in [0, 0.05) is 31.9 Å². The van der Waals surface area contributed by atoms with Crippen molar-refractivity contribution in [3.8, 4) is 0 Å². The Kier molecular flexibility index (Phi) is 4.10. The van der Waals surface area contributed by atoms with E-state index in [0.717, 1.165) is 16.5 Å². The molecular weight excluding hydrogens is 374 g/mol. The highest BCUT2D eigenvalue weighted by Crippen LogP contribution is 2.34. The summed E-state index contributed by atoms with van der Waals surface area (Å²) in [5.74, 6) is -0.901. The van der Waals surface area contributed by atoms with E-state index in [1.165, 1.54) is 12.1 Å². The van der Waals surface area contributed by atoms with E-state index in [-0.39, 0.29) is 5.82 Å². The molecule has 1 amide bonds. The molecule has 0 saturated carbocycles. The number of carbonyl (C=O) groups is 1. The topological polar surface area (TPSA) is 48.0 Å². The molecule has 0 fully saturated rings. The molecule has 0 aliphatic carbocycles. The lowest BCUT2D eigenvalue weighted by Gasteiger charge is -2.11. The van der Waals surface area contributed by atoms with Gasteiger partial charge in [0.05, 0.1) is 17.6 Å². The van der Waals surface area contributed by atoms with Crippen LogP contribution in [-0.4, -0.2) is 10.5 Å². The van der Waals surface area contributed by atoms with Crippen LogP contribution in [0.3, 0.4) is 0 Å². The maximum absolute atomic E-state index is 13.9. The minimum atomic E-state index is -0.533. The molecule has 0 unspecified atom stereocenters. The zero-order valence-electron chi connectivity index (χ0n) is 13.5. The first-order valence-corrected chi connectivity index (χ1v) is 8.66. The maximum Gasteiger partial charge on any atom is 0.249 e. The summed E-state index contributed by atoms with van der Waals surface area (Å²) in [5, 5.41) is 2.49. The van der Waals surface area contributed by atoms with Crippen molar-refractivity contribution in [3.63, 3.8) is 0 Å². The Balaban J connectivity index is 2.09. The van der Waals surface area contributed by atoms with Crippen LogP contribution < -0.4 is 5.73 Å². The van der Waals surface area contributed by atoms with Crippen LogP contribution in [0.1, 0.15) is 15.9 Å². The number of nitrogens with zero attached hydrogens (tertiary/aromatic N) is 1. The van der Waals surface area contributed by atoms with Gasteiger partial charge in [0.15, 0.2) is 0 Å². The summed E-state index contributed by atoms with van der Waals surface area (Å²) in [5.41, 5.74) is 8.07. The molecule has 3 nitrogen and oxygen atoms in total. The molecule has 0 radical (unpaired) electrons. The van der Waals surface area contributed by atoms with Crippen molar-refractivity contribution in [1.82, 2.24) is 4.57 Å². The van der Waals surface area contributed by atoms with E-state index in [1.54, 1.807) is 36.4 Å². The Bertz CT molecular complexity index is 1160. The minimum Gasteiger partial charge on any atom is -0.366 e. The molecule has 4 aromatic rings. The van der Waals surface area contributed by atoms with Crippen molar-refractivity contribution >= 4 is 50.9 Å². The summed E-state index contributed by atoms with van der Waals surface area (Å²) in [7, 11) is 0. The van der Waals surface area contributed by atoms with E-state index in [2.05, 4.69) is 0 Å². The van der Waals surface area contributed by atoms with E-state index < -0.39 is 5.91 Å². The molecule has 4 rings (SSSR count). The first-order chi connectivity index (χ1) is 12.5. The van der Waals surface area contributed by atoms with Gasteiger partial charge in [0.25, 0.3) is 0 Å². The Morgan fingerprint density at radius 2 is 1.69 bits per heavy atom. The maximum atomic E-state index is 13.9. The number of halogens is 3. The van der Waals surface area contributed by atoms with E-state index in [1.807, 2.05) is 10.6 Å². The zero-order valence-corrected chi connectivity index (χ0v) is 15.0. The predicted octanol–water partition coefficient (Wildman–Crippen LogP) is 5.39. The van der Waals surface area contributed by atoms with Gasteiger partial charge in [0.2, 0.25) is 5.91 Å². The van der Waals surface area contributed by atoms with E-state index in [9.17, 15) is 9.18 Å². The van der Waals surface area contributed by atoms with Gasteiger partial charge < -0.3 is 10.3 Å². The molecule has 0 aliphatic rings. The molecule has 1 heterocycles. The lowest BCUT2D eigenvalue weighted by Crippen LogP contribution is -2.11. The fourth-order valence-corrected chi connectivity index (χ4v) is 3.85. The third kappa shape index (κ3) is 2.62. The normalized spacial score (nSPS) is 11.3. The second kappa shape index (κ2) is 6.31. The third-order valence-electron chi connectivity index (χ3n) is 4.50. The summed E-state index contributed by atoms with van der Waals surface area (Å²) in [4.78, 5) is 11.9. The number of rotatable bonds is 3. The van der Waals surface area contributed by atoms with Gasteiger partial charge in [-0.05, 0) is 42.5 Å². The SMILES string of the molecule is NC(=O)c1cccc2c1c1ccc(F)cc1n2Cc1c(Cl)cccc1Cl. The van der Waals surface area contributed by atoms with Crippen LogP contribution in [0, 0.1) is 5.82 Å². The van der Waals surface area contributed by atoms with Crippen molar-refractivity contribution in [2.75, 3.05) is 0 Å². The third-order valence-corrected chi connectivity index (χ3v) is 5.20. The highest BCUT2D eigenvalue weighted by atomic mass is 35.5. The Morgan fingerprint density at radius 3 is 2.38 bits per heavy atom. The molecule has 6 heteroatoms. The number of hydrogen-bond donors (Lipinski definition) is 1. The van der Waals surface area contributed by atoms with Crippen molar-refractivity contribution in [1.29, 1.82) is 0 Å². The molecule has 0 bridgehead atoms. The van der Waals surface area contributed by atoms with Gasteiger partial charge in [-0.1, -0.05) is 35.3 Å². The summed E-state index contributed by atoms with van der Waals surface area (Å²) in [6, 6.07) is 15.0. The van der Waals surface area contributed by atoms with Gasteiger partial charge in [-0.2, -0.15) is 0 Å². The fourth-order valence-electron chi connectivity index (χ4n) is 3.33. The first kappa shape index (κ1) is 16.9. The molecule has 0 spiro atoms. The second-order valence-electron chi connectivity index (χ2n) is 6.01. The number of benzene rings is 3. The van der Waals surface area contributed by atoms with Crippen molar-refractivity contribution in [3.05, 3.63) is 81.6 Å². The van der Waals surface area contributed by atoms with E-state index in [0.29, 0.717) is 33.1 Å². The molecule has 0 saturated heterocycles. The molecule has 3 aromatic carbocycles. The summed E-state index contributed by atoms with van der Waals surface area (Å²) < 4.78 is 15.8. The molecular formula is C20H13Cl2FN2O. The lowest BCUT2D eigenvalue weighted by molar-refractivity contribution is 0.100. The number of amides is 1. The van der Waals surface area contributed by atoms with Gasteiger partial charge in [-0.25, -0.2) is 4.39 Å². The van der Waals surface area contributed by atoms with Gasteiger partial charge in [-0.15, -0.1) is 0 Å². The van der Waals surface area contributed by atoms with Crippen LogP contribution in [0.15, 0.2) is 54.6 Å². The average Bonchev–Trinajstić information content (AvgIpc) is 2.91. The standard InChI is InChI=1S/C20H13Cl2FN2O/c21-15-4-2-5-16(22)14(15)10-25-17-6-1-3-13(20(24)26)19(17)12-8-7-11(23)9-18(12)25/h1-9H,10H2,(H2,24,26). The Hall–Kier alpha value is -2.56. The van der Waals surface area contributed by atoms with Crippen LogP contribution in [0.4, 0.5) is 4.39 Å². The number of carbonyl (C=O) groups excluding carboxylic acids is 1. The van der Waals surface area contributed by atoms with Crippen LogP contribution in [0.25, 0.3) is 21.8 Å². The molecule has 1 aromatic heterocycles. The predicted molar refractivity (Wildman–Crippen MR) is 103 cm³/mol. The lowest BCUT2D eigenvalue weighted by atomic mass is 10.1. The average molecular weight is 387 g/mol. The van der Waals surface area contributed by atoms with Crippen molar-refractivity contribution in [2.45, 2.75) is 6.54 Å². The molecule has 26 heavy (non-hydrogen) atoms. The van der Waals surface area contributed by atoms with Crippen LogP contribution >= 0.6 is 23.2 Å². The van der Waals surface area contributed by atoms with Gasteiger partial charge >= 0.3 is 0 Å². The monoisotopic (exact) mass is 386 g/mol. The highest BCUT2D eigenvalue weighted by molar-refractivity contribution is 6.36. The second-order valence-corrected chi connectivity index (χ2v) is 6.83. The molecule has 0 aliphatic heterocycles. The summed E-state index contributed by atoms with van der Waals surface area (Å²) >= 11 is 12.6. The fraction of sp³-hybridized carbons (Fsp3) is 0.0500. The number of nitrogens with two attached hydrogens (primary N) is 1. The van der Waals surface area contributed by atoms with Crippen molar-refractivity contribution in [2.24, 2.45) is 5.73 Å². The number of primary amides is 1. The smallest absolute Gasteiger partial charge is 0.249 e. The quantitative estimate of drug-likeness (QED) is 0.504. The first-order valence-electron chi connectivity index (χ1n) is 7.90. The van der Waals surface area contributed by atoms with E-state index in [4.69, 9.17) is 28.9 Å². The highest BCUT2D eigenvalue weighted by Gasteiger charge is 2.18. The summed E-state index contributed by atoms with van der Waals surface area (Å²) in [6.07, 6.45) is 0. The number of hydrogen-bond acceptors (Lipinski definition) is 1. The van der Waals surface area contributed by atoms with Gasteiger partial charge in [0.1, 0.15) is 5.82 Å². The minimum absolute atomic E-state index is 0.337.